The van der Waals surface area contributed by atoms with Gasteiger partial charge in [-0.25, -0.2) is 9.97 Å². The van der Waals surface area contributed by atoms with Crippen LogP contribution < -0.4 is 4.90 Å². The Kier molecular flexibility index (Phi) is 4.41. The molecule has 0 atom stereocenters. The quantitative estimate of drug-likeness (QED) is 0.803. The van der Waals surface area contributed by atoms with E-state index < -0.39 is 0 Å². The third-order valence-electron chi connectivity index (χ3n) is 4.45. The SMILES string of the molecule is Cc1nc(Cl)cc(N2CCC(CN3CCCC3)CC2)n1. The summed E-state index contributed by atoms with van der Waals surface area (Å²) in [6.07, 6.45) is 5.30. The number of piperidine rings is 1. The van der Waals surface area contributed by atoms with Gasteiger partial charge in [-0.1, -0.05) is 11.6 Å². The number of halogens is 1. The average Bonchev–Trinajstić information content (AvgIpc) is 2.91. The van der Waals surface area contributed by atoms with Crippen molar-refractivity contribution in [1.29, 1.82) is 0 Å². The largest absolute Gasteiger partial charge is 0.356 e. The van der Waals surface area contributed by atoms with Crippen LogP contribution in [0.1, 0.15) is 31.5 Å². The number of aromatic nitrogens is 2. The predicted octanol–water partition coefficient (Wildman–Crippen LogP) is 2.75. The molecule has 20 heavy (non-hydrogen) atoms. The molecule has 0 spiro atoms. The van der Waals surface area contributed by atoms with Gasteiger partial charge in [0.15, 0.2) is 0 Å². The highest BCUT2D eigenvalue weighted by Crippen LogP contribution is 2.25. The monoisotopic (exact) mass is 294 g/mol. The fourth-order valence-corrected chi connectivity index (χ4v) is 3.57. The zero-order valence-corrected chi connectivity index (χ0v) is 12.9. The van der Waals surface area contributed by atoms with Gasteiger partial charge in [0.1, 0.15) is 16.8 Å². The highest BCUT2D eigenvalue weighted by atomic mass is 35.5. The molecular formula is C15H23ClN4. The fraction of sp³-hybridized carbons (Fsp3) is 0.733. The molecule has 0 N–H and O–H groups in total. The van der Waals surface area contributed by atoms with Crippen molar-refractivity contribution in [3.05, 3.63) is 17.0 Å². The van der Waals surface area contributed by atoms with Gasteiger partial charge in [0.05, 0.1) is 0 Å². The first-order valence-corrected chi connectivity index (χ1v) is 8.07. The smallest absolute Gasteiger partial charge is 0.134 e. The van der Waals surface area contributed by atoms with Crippen LogP contribution in [0.2, 0.25) is 5.15 Å². The van der Waals surface area contributed by atoms with E-state index in [2.05, 4.69) is 19.8 Å². The molecule has 0 radical (unpaired) electrons. The number of anilines is 1. The Bertz CT molecular complexity index is 431. The number of hydrogen-bond acceptors (Lipinski definition) is 4. The van der Waals surface area contributed by atoms with E-state index in [-0.39, 0.29) is 0 Å². The number of nitrogens with zero attached hydrogens (tertiary/aromatic N) is 4. The van der Waals surface area contributed by atoms with E-state index in [9.17, 15) is 0 Å². The molecule has 2 aliphatic heterocycles. The Labute approximate surface area is 126 Å². The molecule has 4 nitrogen and oxygen atoms in total. The van der Waals surface area contributed by atoms with E-state index in [0.29, 0.717) is 5.15 Å². The molecule has 3 rings (SSSR count). The van der Waals surface area contributed by atoms with Crippen molar-refractivity contribution in [1.82, 2.24) is 14.9 Å². The standard InChI is InChI=1S/C15H23ClN4/c1-12-17-14(16)10-15(18-12)20-8-4-13(5-9-20)11-19-6-2-3-7-19/h10,13H,2-9,11H2,1H3. The number of likely N-dealkylation sites (tertiary alicyclic amines) is 1. The Morgan fingerprint density at radius 3 is 2.50 bits per heavy atom. The molecule has 1 aromatic heterocycles. The summed E-state index contributed by atoms with van der Waals surface area (Å²) in [5, 5.41) is 0.548. The van der Waals surface area contributed by atoms with Crippen LogP contribution in [0.25, 0.3) is 0 Å². The summed E-state index contributed by atoms with van der Waals surface area (Å²) >= 11 is 6.03. The van der Waals surface area contributed by atoms with Gasteiger partial charge in [-0.15, -0.1) is 0 Å². The van der Waals surface area contributed by atoms with Crippen LogP contribution in [0.5, 0.6) is 0 Å². The number of hydrogen-bond donors (Lipinski definition) is 0. The first-order chi connectivity index (χ1) is 9.70. The summed E-state index contributed by atoms with van der Waals surface area (Å²) in [5.74, 6) is 2.59. The molecule has 1 aromatic rings. The maximum atomic E-state index is 6.03. The third-order valence-corrected chi connectivity index (χ3v) is 4.64. The Morgan fingerprint density at radius 2 is 1.85 bits per heavy atom. The lowest BCUT2D eigenvalue weighted by Crippen LogP contribution is -2.38. The highest BCUT2D eigenvalue weighted by molar-refractivity contribution is 6.29. The van der Waals surface area contributed by atoms with Crippen LogP contribution in [0, 0.1) is 12.8 Å². The Morgan fingerprint density at radius 1 is 1.15 bits per heavy atom. The maximum absolute atomic E-state index is 6.03. The van der Waals surface area contributed by atoms with Crippen LogP contribution >= 0.6 is 11.6 Å². The van der Waals surface area contributed by atoms with Crippen molar-refractivity contribution in [3.63, 3.8) is 0 Å². The van der Waals surface area contributed by atoms with E-state index in [1.165, 1.54) is 45.3 Å². The lowest BCUT2D eigenvalue weighted by Gasteiger charge is -2.34. The molecule has 3 heterocycles. The van der Waals surface area contributed by atoms with Crippen LogP contribution in [-0.4, -0.2) is 47.6 Å². The molecule has 0 saturated carbocycles. The minimum Gasteiger partial charge on any atom is -0.356 e. The van der Waals surface area contributed by atoms with Crippen LogP contribution in [0.15, 0.2) is 6.07 Å². The molecule has 110 valence electrons. The van der Waals surface area contributed by atoms with Crippen molar-refractivity contribution in [2.75, 3.05) is 37.6 Å². The van der Waals surface area contributed by atoms with Gasteiger partial charge in [-0.05, 0) is 51.6 Å². The number of aryl methyl sites for hydroxylation is 1. The molecular weight excluding hydrogens is 272 g/mol. The topological polar surface area (TPSA) is 32.3 Å². The van der Waals surface area contributed by atoms with Gasteiger partial charge in [0, 0.05) is 25.7 Å². The van der Waals surface area contributed by atoms with E-state index >= 15 is 0 Å². The Hall–Kier alpha value is -0.870. The molecule has 2 fully saturated rings. The van der Waals surface area contributed by atoms with Crippen LogP contribution in [0.3, 0.4) is 0 Å². The van der Waals surface area contributed by atoms with Gasteiger partial charge in [-0.2, -0.15) is 0 Å². The molecule has 0 amide bonds. The molecule has 2 saturated heterocycles. The Balaban J connectivity index is 1.55. The van der Waals surface area contributed by atoms with Gasteiger partial charge in [-0.3, -0.25) is 0 Å². The fourth-order valence-electron chi connectivity index (χ4n) is 3.35. The zero-order valence-electron chi connectivity index (χ0n) is 12.2. The minimum atomic E-state index is 0.548. The summed E-state index contributed by atoms with van der Waals surface area (Å²) in [4.78, 5) is 13.6. The van der Waals surface area contributed by atoms with Gasteiger partial charge < -0.3 is 9.80 Å². The lowest BCUT2D eigenvalue weighted by atomic mass is 9.96. The zero-order chi connectivity index (χ0) is 13.9. The molecule has 0 unspecified atom stereocenters. The van der Waals surface area contributed by atoms with Crippen LogP contribution in [0.4, 0.5) is 5.82 Å². The van der Waals surface area contributed by atoms with Gasteiger partial charge >= 0.3 is 0 Å². The average molecular weight is 295 g/mol. The highest BCUT2D eigenvalue weighted by Gasteiger charge is 2.23. The van der Waals surface area contributed by atoms with E-state index in [1.807, 2.05) is 13.0 Å². The second-order valence-electron chi connectivity index (χ2n) is 6.03. The predicted molar refractivity (Wildman–Crippen MR) is 82.4 cm³/mol. The minimum absolute atomic E-state index is 0.548. The van der Waals surface area contributed by atoms with E-state index in [4.69, 9.17) is 11.6 Å². The summed E-state index contributed by atoms with van der Waals surface area (Å²) in [7, 11) is 0. The van der Waals surface area contributed by atoms with Crippen molar-refractivity contribution in [3.8, 4) is 0 Å². The van der Waals surface area contributed by atoms with Crippen molar-refractivity contribution < 1.29 is 0 Å². The molecule has 2 aliphatic rings. The van der Waals surface area contributed by atoms with Crippen LogP contribution in [-0.2, 0) is 0 Å². The summed E-state index contributed by atoms with van der Waals surface area (Å²) < 4.78 is 0. The third kappa shape index (κ3) is 3.41. The van der Waals surface area contributed by atoms with E-state index in [0.717, 1.165) is 30.6 Å². The molecule has 0 aliphatic carbocycles. The second-order valence-corrected chi connectivity index (χ2v) is 6.42. The second kappa shape index (κ2) is 6.27. The normalized spacial score (nSPS) is 21.6. The molecule has 5 heteroatoms. The summed E-state index contributed by atoms with van der Waals surface area (Å²) in [6.45, 7) is 7.98. The molecule has 0 aromatic carbocycles. The van der Waals surface area contributed by atoms with Crippen molar-refractivity contribution in [2.45, 2.75) is 32.6 Å². The molecule has 0 bridgehead atoms. The first kappa shape index (κ1) is 14.1. The lowest BCUT2D eigenvalue weighted by molar-refractivity contribution is 0.249. The van der Waals surface area contributed by atoms with Crippen molar-refractivity contribution in [2.24, 2.45) is 5.92 Å². The maximum Gasteiger partial charge on any atom is 0.134 e. The first-order valence-electron chi connectivity index (χ1n) is 7.69. The summed E-state index contributed by atoms with van der Waals surface area (Å²) in [6, 6.07) is 1.88. The van der Waals surface area contributed by atoms with Gasteiger partial charge in [0.2, 0.25) is 0 Å². The van der Waals surface area contributed by atoms with Crippen molar-refractivity contribution >= 4 is 17.4 Å². The number of rotatable bonds is 3. The van der Waals surface area contributed by atoms with E-state index in [1.54, 1.807) is 0 Å². The summed E-state index contributed by atoms with van der Waals surface area (Å²) in [5.41, 5.74) is 0. The van der Waals surface area contributed by atoms with Gasteiger partial charge in [0.25, 0.3) is 0 Å².